The lowest BCUT2D eigenvalue weighted by Gasteiger charge is -2.13. The third kappa shape index (κ3) is 2.33. The van der Waals surface area contributed by atoms with E-state index < -0.39 is 0 Å². The van der Waals surface area contributed by atoms with Crippen molar-refractivity contribution in [3.63, 3.8) is 0 Å². The highest BCUT2D eigenvalue weighted by molar-refractivity contribution is 5.99. The minimum Gasteiger partial charge on any atom is -0.497 e. The van der Waals surface area contributed by atoms with Crippen molar-refractivity contribution in [2.75, 3.05) is 21.3 Å². The Labute approximate surface area is 129 Å². The van der Waals surface area contributed by atoms with Crippen LogP contribution in [0.15, 0.2) is 48.7 Å². The molecule has 2 aromatic carbocycles. The summed E-state index contributed by atoms with van der Waals surface area (Å²) in [6.45, 7) is 0. The highest BCUT2D eigenvalue weighted by Gasteiger charge is 2.13. The minimum absolute atomic E-state index is 0.710. The van der Waals surface area contributed by atoms with Crippen LogP contribution in [0.5, 0.6) is 17.2 Å². The highest BCUT2D eigenvalue weighted by Crippen LogP contribution is 2.38. The van der Waals surface area contributed by atoms with Gasteiger partial charge in [0, 0.05) is 22.5 Å². The molecule has 112 valence electrons. The van der Waals surface area contributed by atoms with Gasteiger partial charge in [-0.15, -0.1) is 0 Å². The van der Waals surface area contributed by atoms with Gasteiger partial charge in [-0.3, -0.25) is 4.98 Å². The predicted molar refractivity (Wildman–Crippen MR) is 86.8 cm³/mol. The van der Waals surface area contributed by atoms with Crippen molar-refractivity contribution in [1.29, 1.82) is 0 Å². The van der Waals surface area contributed by atoms with Crippen molar-refractivity contribution in [2.45, 2.75) is 0 Å². The summed E-state index contributed by atoms with van der Waals surface area (Å²) < 4.78 is 16.1. The minimum atomic E-state index is 0.710. The van der Waals surface area contributed by atoms with Crippen molar-refractivity contribution in [3.05, 3.63) is 48.7 Å². The Balaban J connectivity index is 2.22. The Morgan fingerprint density at radius 1 is 0.727 bits per heavy atom. The molecule has 0 saturated carbocycles. The Bertz CT molecular complexity index is 797. The second kappa shape index (κ2) is 5.93. The van der Waals surface area contributed by atoms with Crippen molar-refractivity contribution in [2.24, 2.45) is 0 Å². The van der Waals surface area contributed by atoms with E-state index in [9.17, 15) is 0 Å². The molecule has 0 N–H and O–H groups in total. The molecule has 3 rings (SSSR count). The summed E-state index contributed by atoms with van der Waals surface area (Å²) in [7, 11) is 4.93. The molecule has 4 nitrogen and oxygen atoms in total. The summed E-state index contributed by atoms with van der Waals surface area (Å²) in [6, 6.07) is 13.7. The molecule has 0 saturated heterocycles. The van der Waals surface area contributed by atoms with Gasteiger partial charge in [-0.25, -0.2) is 0 Å². The Morgan fingerprint density at radius 3 is 2.14 bits per heavy atom. The van der Waals surface area contributed by atoms with E-state index in [1.165, 1.54) is 0 Å². The van der Waals surface area contributed by atoms with E-state index >= 15 is 0 Å². The van der Waals surface area contributed by atoms with Gasteiger partial charge in [0.05, 0.1) is 27.0 Å². The Morgan fingerprint density at radius 2 is 1.50 bits per heavy atom. The van der Waals surface area contributed by atoms with Gasteiger partial charge in [-0.1, -0.05) is 0 Å². The van der Waals surface area contributed by atoms with Crippen LogP contribution in [0.2, 0.25) is 0 Å². The molecule has 0 amide bonds. The SMILES string of the molecule is COc1ccc(-c2nccc3c(OC)c(OC)ccc23)cc1. The lowest BCUT2D eigenvalue weighted by molar-refractivity contribution is 0.358. The molecule has 0 radical (unpaired) electrons. The monoisotopic (exact) mass is 295 g/mol. The topological polar surface area (TPSA) is 40.6 Å². The van der Waals surface area contributed by atoms with E-state index in [0.29, 0.717) is 5.75 Å². The van der Waals surface area contributed by atoms with Gasteiger partial charge in [-0.2, -0.15) is 0 Å². The Kier molecular flexibility index (Phi) is 3.83. The fourth-order valence-corrected chi connectivity index (χ4v) is 2.56. The maximum Gasteiger partial charge on any atom is 0.168 e. The van der Waals surface area contributed by atoms with Crippen LogP contribution >= 0.6 is 0 Å². The average Bonchev–Trinajstić information content (AvgIpc) is 2.60. The maximum absolute atomic E-state index is 5.50. The second-order valence-electron chi connectivity index (χ2n) is 4.78. The zero-order valence-corrected chi connectivity index (χ0v) is 12.8. The van der Waals surface area contributed by atoms with Gasteiger partial charge in [0.15, 0.2) is 11.5 Å². The lowest BCUT2D eigenvalue weighted by atomic mass is 10.0. The molecule has 0 aliphatic heterocycles. The first-order chi connectivity index (χ1) is 10.8. The Hall–Kier alpha value is -2.75. The van der Waals surface area contributed by atoms with E-state index in [-0.39, 0.29) is 0 Å². The smallest absolute Gasteiger partial charge is 0.168 e. The second-order valence-corrected chi connectivity index (χ2v) is 4.78. The summed E-state index contributed by atoms with van der Waals surface area (Å²) >= 11 is 0. The van der Waals surface area contributed by atoms with Gasteiger partial charge in [0.25, 0.3) is 0 Å². The first-order valence-electron chi connectivity index (χ1n) is 6.92. The quantitative estimate of drug-likeness (QED) is 0.731. The first kappa shape index (κ1) is 14.2. The first-order valence-corrected chi connectivity index (χ1v) is 6.92. The van der Waals surface area contributed by atoms with Crippen LogP contribution in [0, 0.1) is 0 Å². The van der Waals surface area contributed by atoms with Crippen molar-refractivity contribution >= 4 is 10.8 Å². The van der Waals surface area contributed by atoms with Crippen molar-refractivity contribution in [3.8, 4) is 28.5 Å². The fraction of sp³-hybridized carbons (Fsp3) is 0.167. The number of fused-ring (bicyclic) bond motifs is 1. The zero-order valence-electron chi connectivity index (χ0n) is 12.8. The van der Waals surface area contributed by atoms with E-state index in [0.717, 1.165) is 33.5 Å². The average molecular weight is 295 g/mol. The molecule has 1 aromatic heterocycles. The lowest BCUT2D eigenvalue weighted by Crippen LogP contribution is -1.93. The molecule has 0 unspecified atom stereocenters. The van der Waals surface area contributed by atoms with Crippen LogP contribution in [0.4, 0.5) is 0 Å². The van der Waals surface area contributed by atoms with Crippen LogP contribution in [0.1, 0.15) is 0 Å². The van der Waals surface area contributed by atoms with E-state index in [4.69, 9.17) is 14.2 Å². The summed E-state index contributed by atoms with van der Waals surface area (Å²) in [5.41, 5.74) is 1.93. The summed E-state index contributed by atoms with van der Waals surface area (Å²) in [5.74, 6) is 2.25. The maximum atomic E-state index is 5.50. The molecule has 4 heteroatoms. The summed E-state index contributed by atoms with van der Waals surface area (Å²) in [6.07, 6.45) is 1.78. The van der Waals surface area contributed by atoms with E-state index in [1.54, 1.807) is 27.5 Å². The molecule has 0 aliphatic carbocycles. The molecule has 0 spiro atoms. The summed E-state index contributed by atoms with van der Waals surface area (Å²) in [5, 5.41) is 1.99. The molecular weight excluding hydrogens is 278 g/mol. The fourth-order valence-electron chi connectivity index (χ4n) is 2.56. The van der Waals surface area contributed by atoms with Gasteiger partial charge < -0.3 is 14.2 Å². The number of aromatic nitrogens is 1. The number of nitrogens with zero attached hydrogens (tertiary/aromatic N) is 1. The van der Waals surface area contributed by atoms with Gasteiger partial charge in [-0.05, 0) is 42.5 Å². The van der Waals surface area contributed by atoms with Gasteiger partial charge in [0.1, 0.15) is 5.75 Å². The van der Waals surface area contributed by atoms with Crippen LogP contribution in [-0.2, 0) is 0 Å². The van der Waals surface area contributed by atoms with Crippen LogP contribution < -0.4 is 14.2 Å². The summed E-state index contributed by atoms with van der Waals surface area (Å²) in [4.78, 5) is 4.53. The predicted octanol–water partition coefficient (Wildman–Crippen LogP) is 3.93. The number of methoxy groups -OCH3 is 3. The van der Waals surface area contributed by atoms with Crippen molar-refractivity contribution < 1.29 is 14.2 Å². The highest BCUT2D eigenvalue weighted by atomic mass is 16.5. The van der Waals surface area contributed by atoms with E-state index in [1.807, 2.05) is 42.5 Å². The largest absolute Gasteiger partial charge is 0.497 e. The third-order valence-corrected chi connectivity index (χ3v) is 3.65. The molecule has 0 aliphatic rings. The number of benzene rings is 2. The molecule has 3 aromatic rings. The number of rotatable bonds is 4. The molecular formula is C18H17NO3. The van der Waals surface area contributed by atoms with Crippen LogP contribution in [0.25, 0.3) is 22.0 Å². The molecule has 1 heterocycles. The van der Waals surface area contributed by atoms with Crippen LogP contribution in [0.3, 0.4) is 0 Å². The molecule has 0 atom stereocenters. The zero-order chi connectivity index (χ0) is 15.5. The molecule has 0 fully saturated rings. The standard InChI is InChI=1S/C18H17NO3/c1-20-13-6-4-12(5-7-13)17-14-8-9-16(21-2)18(22-3)15(14)10-11-19-17/h4-11H,1-3H3. The molecule has 22 heavy (non-hydrogen) atoms. The molecule has 0 bridgehead atoms. The number of ether oxygens (including phenoxy) is 3. The van der Waals surface area contributed by atoms with E-state index in [2.05, 4.69) is 4.98 Å². The normalized spacial score (nSPS) is 10.5. The number of hydrogen-bond acceptors (Lipinski definition) is 4. The van der Waals surface area contributed by atoms with Crippen LogP contribution in [-0.4, -0.2) is 26.3 Å². The van der Waals surface area contributed by atoms with Gasteiger partial charge >= 0.3 is 0 Å². The number of pyridine rings is 1. The van der Waals surface area contributed by atoms with Crippen molar-refractivity contribution in [1.82, 2.24) is 4.98 Å². The third-order valence-electron chi connectivity index (χ3n) is 3.65. The van der Waals surface area contributed by atoms with Gasteiger partial charge in [0.2, 0.25) is 0 Å². The number of hydrogen-bond donors (Lipinski definition) is 0.